The summed E-state index contributed by atoms with van der Waals surface area (Å²) in [6.45, 7) is 4.67. The lowest BCUT2D eigenvalue weighted by atomic mass is 9.92. The van der Waals surface area contributed by atoms with Crippen molar-refractivity contribution in [3.8, 4) is 11.1 Å². The van der Waals surface area contributed by atoms with Gasteiger partial charge in [-0.1, -0.05) is 12.1 Å². The fraction of sp³-hybridized carbons (Fsp3) is 0.381. The van der Waals surface area contributed by atoms with E-state index in [1.165, 1.54) is 19.1 Å². The number of nitrogens with zero attached hydrogens (tertiary/aromatic N) is 2. The zero-order valence-corrected chi connectivity index (χ0v) is 15.7. The minimum absolute atomic E-state index is 0.0319. The molecule has 0 bridgehead atoms. The average molecular weight is 369 g/mol. The lowest BCUT2D eigenvalue weighted by molar-refractivity contribution is -0.133. The molecule has 1 aromatic carbocycles. The molecular weight excluding hydrogens is 345 g/mol. The van der Waals surface area contributed by atoms with Crippen molar-refractivity contribution < 1.29 is 14.0 Å². The van der Waals surface area contributed by atoms with Crippen LogP contribution in [-0.2, 0) is 9.59 Å². The molecule has 1 saturated heterocycles. The van der Waals surface area contributed by atoms with Crippen molar-refractivity contribution in [2.75, 3.05) is 19.6 Å². The van der Waals surface area contributed by atoms with Crippen LogP contribution in [0.2, 0.25) is 0 Å². The molecule has 3 rings (SSSR count). The molecular formula is C21H24FN3O2. The van der Waals surface area contributed by atoms with E-state index in [0.29, 0.717) is 13.1 Å². The molecule has 6 heteroatoms. The van der Waals surface area contributed by atoms with E-state index in [0.717, 1.165) is 35.4 Å². The molecule has 0 unspecified atom stereocenters. The van der Waals surface area contributed by atoms with Crippen LogP contribution >= 0.6 is 0 Å². The van der Waals surface area contributed by atoms with Crippen molar-refractivity contribution in [1.29, 1.82) is 0 Å². The maximum atomic E-state index is 13.2. The van der Waals surface area contributed by atoms with Gasteiger partial charge in [-0.25, -0.2) is 4.39 Å². The molecule has 1 aromatic heterocycles. The van der Waals surface area contributed by atoms with Gasteiger partial charge in [0.25, 0.3) is 0 Å². The Kier molecular flexibility index (Phi) is 5.84. The van der Waals surface area contributed by atoms with Gasteiger partial charge in [0.1, 0.15) is 5.82 Å². The topological polar surface area (TPSA) is 62.3 Å². The van der Waals surface area contributed by atoms with Crippen LogP contribution in [0.25, 0.3) is 11.1 Å². The number of hydrogen-bond acceptors (Lipinski definition) is 3. The Morgan fingerprint density at radius 1 is 1.22 bits per heavy atom. The summed E-state index contributed by atoms with van der Waals surface area (Å²) < 4.78 is 13.2. The number of nitrogens with one attached hydrogen (secondary N) is 1. The van der Waals surface area contributed by atoms with Crippen LogP contribution in [-0.4, -0.2) is 41.3 Å². The zero-order valence-electron chi connectivity index (χ0n) is 15.7. The van der Waals surface area contributed by atoms with Crippen molar-refractivity contribution in [1.82, 2.24) is 15.2 Å². The number of halogens is 1. The number of rotatable bonds is 4. The molecule has 0 aliphatic carbocycles. The first-order valence-electron chi connectivity index (χ1n) is 9.19. The summed E-state index contributed by atoms with van der Waals surface area (Å²) in [5.74, 6) is -0.382. The Bertz CT molecular complexity index is 836. The monoisotopic (exact) mass is 369 g/mol. The van der Waals surface area contributed by atoms with Gasteiger partial charge in [0, 0.05) is 37.3 Å². The largest absolute Gasteiger partial charge is 0.347 e. The summed E-state index contributed by atoms with van der Waals surface area (Å²) in [6, 6.07) is 10.4. The van der Waals surface area contributed by atoms with Crippen LogP contribution in [0.15, 0.2) is 36.4 Å². The summed E-state index contributed by atoms with van der Waals surface area (Å²) in [5, 5.41) is 2.57. The third-order valence-corrected chi connectivity index (χ3v) is 4.83. The maximum absolute atomic E-state index is 13.2. The summed E-state index contributed by atoms with van der Waals surface area (Å²) in [6.07, 6.45) is 1.86. The van der Waals surface area contributed by atoms with E-state index in [-0.39, 0.29) is 30.1 Å². The van der Waals surface area contributed by atoms with Gasteiger partial charge in [-0.3, -0.25) is 14.6 Å². The number of aromatic nitrogens is 1. The second kappa shape index (κ2) is 8.29. The fourth-order valence-electron chi connectivity index (χ4n) is 3.47. The average Bonchev–Trinajstić information content (AvgIpc) is 2.66. The molecule has 2 heterocycles. The van der Waals surface area contributed by atoms with Crippen LogP contribution in [0.3, 0.4) is 0 Å². The van der Waals surface area contributed by atoms with E-state index >= 15 is 0 Å². The van der Waals surface area contributed by atoms with E-state index in [2.05, 4.69) is 10.3 Å². The summed E-state index contributed by atoms with van der Waals surface area (Å²) in [5.41, 5.74) is 3.79. The predicted octanol–water partition coefficient (Wildman–Crippen LogP) is 3.04. The van der Waals surface area contributed by atoms with Gasteiger partial charge in [-0.2, -0.15) is 0 Å². The zero-order chi connectivity index (χ0) is 19.4. The number of piperidine rings is 1. The number of pyridine rings is 1. The lowest BCUT2D eigenvalue weighted by Crippen LogP contribution is -2.44. The van der Waals surface area contributed by atoms with Crippen LogP contribution in [0.5, 0.6) is 0 Å². The Labute approximate surface area is 158 Å². The first-order valence-corrected chi connectivity index (χ1v) is 9.19. The molecule has 2 aromatic rings. The SMILES string of the molecule is CC(=O)NCC(=O)N1CCC[C@@H](c2cc(-c3ccc(F)cc3)cc(C)n2)C1. The van der Waals surface area contributed by atoms with Crippen molar-refractivity contribution in [2.24, 2.45) is 0 Å². The molecule has 1 aliphatic rings. The molecule has 1 aliphatic heterocycles. The highest BCUT2D eigenvalue weighted by molar-refractivity contribution is 5.83. The summed E-state index contributed by atoms with van der Waals surface area (Å²) in [4.78, 5) is 29.8. The normalized spacial score (nSPS) is 16.9. The molecule has 0 radical (unpaired) electrons. The smallest absolute Gasteiger partial charge is 0.241 e. The predicted molar refractivity (Wildman–Crippen MR) is 102 cm³/mol. The van der Waals surface area contributed by atoms with E-state index in [1.54, 1.807) is 17.0 Å². The quantitative estimate of drug-likeness (QED) is 0.901. The second-order valence-electron chi connectivity index (χ2n) is 7.02. The Hall–Kier alpha value is -2.76. The second-order valence-corrected chi connectivity index (χ2v) is 7.02. The summed E-state index contributed by atoms with van der Waals surface area (Å²) >= 11 is 0. The first kappa shape index (κ1) is 19.0. The molecule has 1 atom stereocenters. The molecule has 5 nitrogen and oxygen atoms in total. The lowest BCUT2D eigenvalue weighted by Gasteiger charge is -2.33. The Balaban J connectivity index is 1.78. The highest BCUT2D eigenvalue weighted by atomic mass is 19.1. The van der Waals surface area contributed by atoms with Crippen molar-refractivity contribution in [3.05, 3.63) is 53.6 Å². The number of amides is 2. The maximum Gasteiger partial charge on any atom is 0.241 e. The molecule has 1 N–H and O–H groups in total. The van der Waals surface area contributed by atoms with Crippen molar-refractivity contribution in [2.45, 2.75) is 32.6 Å². The van der Waals surface area contributed by atoms with E-state index in [1.807, 2.05) is 19.1 Å². The van der Waals surface area contributed by atoms with Gasteiger partial charge in [0.05, 0.1) is 6.54 Å². The van der Waals surface area contributed by atoms with Crippen LogP contribution in [0.4, 0.5) is 4.39 Å². The van der Waals surface area contributed by atoms with Crippen molar-refractivity contribution >= 4 is 11.8 Å². The van der Waals surface area contributed by atoms with Crippen molar-refractivity contribution in [3.63, 3.8) is 0 Å². The van der Waals surface area contributed by atoms with Gasteiger partial charge in [-0.05, 0) is 55.2 Å². The van der Waals surface area contributed by atoms with Gasteiger partial charge >= 0.3 is 0 Å². The Morgan fingerprint density at radius 3 is 2.67 bits per heavy atom. The van der Waals surface area contributed by atoms with E-state index in [9.17, 15) is 14.0 Å². The van der Waals surface area contributed by atoms with Gasteiger partial charge in [-0.15, -0.1) is 0 Å². The van der Waals surface area contributed by atoms with Crippen LogP contribution < -0.4 is 5.32 Å². The molecule has 0 saturated carbocycles. The van der Waals surface area contributed by atoms with Crippen LogP contribution in [0.1, 0.15) is 37.1 Å². The minimum Gasteiger partial charge on any atom is -0.347 e. The number of likely N-dealkylation sites (tertiary alicyclic amines) is 1. The molecule has 142 valence electrons. The Morgan fingerprint density at radius 2 is 1.96 bits per heavy atom. The number of carbonyl (C=O) groups is 2. The summed E-state index contributed by atoms with van der Waals surface area (Å²) in [7, 11) is 0. The van der Waals surface area contributed by atoms with Crippen LogP contribution in [0, 0.1) is 12.7 Å². The minimum atomic E-state index is -0.259. The standard InChI is InChI=1S/C21H24FN3O2/c1-14-10-18(16-5-7-19(22)8-6-16)11-20(24-14)17-4-3-9-25(13-17)21(27)12-23-15(2)26/h5-8,10-11,17H,3-4,9,12-13H2,1-2H3,(H,23,26)/t17-/m1/s1. The molecule has 27 heavy (non-hydrogen) atoms. The van der Waals surface area contributed by atoms with E-state index in [4.69, 9.17) is 0 Å². The molecule has 0 spiro atoms. The number of carbonyl (C=O) groups excluding carboxylic acids is 2. The third kappa shape index (κ3) is 4.90. The van der Waals surface area contributed by atoms with E-state index < -0.39 is 0 Å². The fourth-order valence-corrected chi connectivity index (χ4v) is 3.47. The first-order chi connectivity index (χ1) is 12.9. The molecule has 1 fully saturated rings. The number of benzene rings is 1. The highest BCUT2D eigenvalue weighted by Crippen LogP contribution is 2.29. The number of hydrogen-bond donors (Lipinski definition) is 1. The van der Waals surface area contributed by atoms with Gasteiger partial charge < -0.3 is 10.2 Å². The van der Waals surface area contributed by atoms with Gasteiger partial charge in [0.2, 0.25) is 11.8 Å². The third-order valence-electron chi connectivity index (χ3n) is 4.83. The van der Waals surface area contributed by atoms with Gasteiger partial charge in [0.15, 0.2) is 0 Å². The molecule has 2 amide bonds. The number of aryl methyl sites for hydroxylation is 1. The highest BCUT2D eigenvalue weighted by Gasteiger charge is 2.26.